The molecule has 0 heterocycles. The highest BCUT2D eigenvalue weighted by Gasteiger charge is 2.35. The molecule has 0 saturated heterocycles. The Hall–Kier alpha value is -1.39. The van der Waals surface area contributed by atoms with Crippen molar-refractivity contribution in [2.24, 2.45) is 17.0 Å². The van der Waals surface area contributed by atoms with E-state index in [1.54, 1.807) is 0 Å². The first-order valence-corrected chi connectivity index (χ1v) is 6.74. The van der Waals surface area contributed by atoms with E-state index in [0.29, 0.717) is 5.92 Å². The Kier molecular flexibility index (Phi) is 5.09. The van der Waals surface area contributed by atoms with E-state index in [4.69, 9.17) is 9.94 Å². The molecule has 19 heavy (non-hydrogen) atoms. The van der Waals surface area contributed by atoms with E-state index < -0.39 is 23.1 Å². The van der Waals surface area contributed by atoms with Crippen LogP contribution in [0, 0.1) is 11.8 Å². The normalized spacial score (nSPS) is 24.9. The van der Waals surface area contributed by atoms with Crippen molar-refractivity contribution in [2.75, 3.05) is 0 Å². The molecule has 0 aromatic rings. The van der Waals surface area contributed by atoms with Crippen LogP contribution in [0.1, 0.15) is 53.4 Å². The van der Waals surface area contributed by atoms with Crippen LogP contribution in [-0.4, -0.2) is 28.2 Å². The lowest BCUT2D eigenvalue weighted by molar-refractivity contribution is -0.131. The molecule has 1 fully saturated rings. The highest BCUT2D eigenvalue weighted by molar-refractivity contribution is 6.63. The van der Waals surface area contributed by atoms with Gasteiger partial charge in [0.05, 0.1) is 0 Å². The Bertz CT molecular complexity index is 363. The molecule has 5 heteroatoms. The fourth-order valence-electron chi connectivity index (χ4n) is 2.45. The van der Waals surface area contributed by atoms with E-state index in [0.717, 1.165) is 31.6 Å². The minimum atomic E-state index is -1.35. The molecule has 0 aromatic carbocycles. The lowest BCUT2D eigenvalue weighted by Gasteiger charge is -2.36. The number of carbonyl (C=O) groups is 2. The van der Waals surface area contributed by atoms with Gasteiger partial charge in [-0.3, -0.25) is 4.79 Å². The van der Waals surface area contributed by atoms with Crippen molar-refractivity contribution in [3.8, 4) is 0 Å². The van der Waals surface area contributed by atoms with Crippen LogP contribution in [0.15, 0.2) is 5.16 Å². The molecule has 1 aliphatic carbocycles. The van der Waals surface area contributed by atoms with Crippen molar-refractivity contribution in [1.82, 2.24) is 0 Å². The SMILES string of the molecule is CC(=O)/C(=N/OC(C)(C)C1CCC(C)CC1)C(=O)O. The summed E-state index contributed by atoms with van der Waals surface area (Å²) in [5, 5.41) is 12.4. The summed E-state index contributed by atoms with van der Waals surface area (Å²) in [6.07, 6.45) is 4.40. The van der Waals surface area contributed by atoms with Crippen molar-refractivity contribution < 1.29 is 19.5 Å². The summed E-state index contributed by atoms with van der Waals surface area (Å²) in [6.45, 7) is 7.21. The Morgan fingerprint density at radius 1 is 1.21 bits per heavy atom. The summed E-state index contributed by atoms with van der Waals surface area (Å²) in [6, 6.07) is 0. The molecule has 1 saturated carbocycles. The second-order valence-electron chi connectivity index (χ2n) is 5.95. The number of aliphatic carboxylic acids is 1. The lowest BCUT2D eigenvalue weighted by atomic mass is 9.75. The molecule has 0 aliphatic heterocycles. The number of hydrogen-bond donors (Lipinski definition) is 1. The predicted octanol–water partition coefficient (Wildman–Crippen LogP) is 2.64. The third-order valence-electron chi connectivity index (χ3n) is 3.91. The highest BCUT2D eigenvalue weighted by Crippen LogP contribution is 2.37. The second-order valence-corrected chi connectivity index (χ2v) is 5.95. The standard InChI is InChI=1S/C14H23NO4/c1-9-5-7-11(8-6-9)14(3,4)19-15-12(10(2)16)13(17)18/h9,11H,5-8H2,1-4H3,(H,17,18)/b15-12-. The zero-order valence-corrected chi connectivity index (χ0v) is 12.1. The van der Waals surface area contributed by atoms with Gasteiger partial charge >= 0.3 is 5.97 Å². The molecular weight excluding hydrogens is 246 g/mol. The van der Waals surface area contributed by atoms with Crippen LogP contribution in [0.2, 0.25) is 0 Å². The average molecular weight is 269 g/mol. The maximum absolute atomic E-state index is 11.1. The zero-order valence-electron chi connectivity index (χ0n) is 12.1. The quantitative estimate of drug-likeness (QED) is 0.473. The van der Waals surface area contributed by atoms with Gasteiger partial charge in [0.15, 0.2) is 5.78 Å². The summed E-state index contributed by atoms with van der Waals surface area (Å²) in [5.41, 5.74) is -1.09. The first-order valence-electron chi connectivity index (χ1n) is 6.74. The molecule has 1 N–H and O–H groups in total. The highest BCUT2D eigenvalue weighted by atomic mass is 16.7. The van der Waals surface area contributed by atoms with Gasteiger partial charge in [-0.05, 0) is 32.6 Å². The summed E-state index contributed by atoms with van der Waals surface area (Å²) < 4.78 is 0. The van der Waals surface area contributed by atoms with Crippen LogP contribution >= 0.6 is 0 Å². The van der Waals surface area contributed by atoms with E-state index in [1.807, 2.05) is 13.8 Å². The number of carboxylic acids is 1. The van der Waals surface area contributed by atoms with Gasteiger partial charge in [-0.1, -0.05) is 24.9 Å². The number of oxime groups is 1. The molecule has 108 valence electrons. The first-order chi connectivity index (χ1) is 8.74. The topological polar surface area (TPSA) is 76.0 Å². The van der Waals surface area contributed by atoms with Crippen LogP contribution in [0.3, 0.4) is 0 Å². The molecule has 1 aliphatic rings. The van der Waals surface area contributed by atoms with Crippen LogP contribution in [0.5, 0.6) is 0 Å². The molecule has 0 spiro atoms. The molecular formula is C14H23NO4. The minimum absolute atomic E-state index is 0.342. The molecule has 0 amide bonds. The van der Waals surface area contributed by atoms with Gasteiger partial charge in [0.2, 0.25) is 5.71 Å². The summed E-state index contributed by atoms with van der Waals surface area (Å²) in [5.74, 6) is -0.863. The van der Waals surface area contributed by atoms with Gasteiger partial charge in [-0.2, -0.15) is 0 Å². The molecule has 0 radical (unpaired) electrons. The van der Waals surface area contributed by atoms with Crippen molar-refractivity contribution in [2.45, 2.75) is 59.0 Å². The largest absolute Gasteiger partial charge is 0.476 e. The third-order valence-corrected chi connectivity index (χ3v) is 3.91. The van der Waals surface area contributed by atoms with Crippen LogP contribution < -0.4 is 0 Å². The molecule has 0 bridgehead atoms. The molecule has 0 atom stereocenters. The zero-order chi connectivity index (χ0) is 14.6. The Labute approximate surface area is 114 Å². The average Bonchev–Trinajstić information content (AvgIpc) is 2.28. The van der Waals surface area contributed by atoms with E-state index in [9.17, 15) is 9.59 Å². The van der Waals surface area contributed by atoms with Crippen molar-refractivity contribution >= 4 is 17.5 Å². The smallest absolute Gasteiger partial charge is 0.361 e. The van der Waals surface area contributed by atoms with Gasteiger partial charge < -0.3 is 9.94 Å². The lowest BCUT2D eigenvalue weighted by Crippen LogP contribution is -2.36. The number of Topliss-reactive ketones (excluding diaryl/α,β-unsaturated/α-hetero) is 1. The van der Waals surface area contributed by atoms with Gasteiger partial charge in [-0.15, -0.1) is 0 Å². The summed E-state index contributed by atoms with van der Waals surface area (Å²) >= 11 is 0. The molecule has 0 unspecified atom stereocenters. The van der Waals surface area contributed by atoms with Crippen LogP contribution in [0.25, 0.3) is 0 Å². The monoisotopic (exact) mass is 269 g/mol. The minimum Gasteiger partial charge on any atom is -0.476 e. The molecule has 0 aromatic heterocycles. The first kappa shape index (κ1) is 15.7. The number of carboxylic acid groups (broad SMARTS) is 1. The van der Waals surface area contributed by atoms with E-state index >= 15 is 0 Å². The Morgan fingerprint density at radius 2 is 1.74 bits per heavy atom. The number of hydrogen-bond acceptors (Lipinski definition) is 4. The van der Waals surface area contributed by atoms with Gasteiger partial charge in [0, 0.05) is 12.8 Å². The van der Waals surface area contributed by atoms with Crippen LogP contribution in [-0.2, 0) is 14.4 Å². The van der Waals surface area contributed by atoms with Crippen LogP contribution in [0.4, 0.5) is 0 Å². The Balaban J connectivity index is 2.70. The number of rotatable bonds is 5. The van der Waals surface area contributed by atoms with Crippen molar-refractivity contribution in [3.63, 3.8) is 0 Å². The number of nitrogens with zero attached hydrogens (tertiary/aromatic N) is 1. The fourth-order valence-corrected chi connectivity index (χ4v) is 2.45. The molecule has 1 rings (SSSR count). The number of ketones is 1. The predicted molar refractivity (Wildman–Crippen MR) is 72.0 cm³/mol. The third kappa shape index (κ3) is 4.33. The van der Waals surface area contributed by atoms with Gasteiger partial charge in [0.25, 0.3) is 0 Å². The fraction of sp³-hybridized carbons (Fsp3) is 0.786. The maximum atomic E-state index is 11.1. The second kappa shape index (κ2) is 6.17. The van der Waals surface area contributed by atoms with Crippen molar-refractivity contribution in [1.29, 1.82) is 0 Å². The summed E-state index contributed by atoms with van der Waals surface area (Å²) in [7, 11) is 0. The van der Waals surface area contributed by atoms with E-state index in [1.165, 1.54) is 6.92 Å². The summed E-state index contributed by atoms with van der Waals surface area (Å²) in [4.78, 5) is 27.4. The Morgan fingerprint density at radius 3 is 2.16 bits per heavy atom. The number of carbonyl (C=O) groups excluding carboxylic acids is 1. The van der Waals surface area contributed by atoms with Gasteiger partial charge in [-0.25, -0.2) is 4.79 Å². The van der Waals surface area contributed by atoms with Crippen molar-refractivity contribution in [3.05, 3.63) is 0 Å². The van der Waals surface area contributed by atoms with Gasteiger partial charge in [0.1, 0.15) is 5.60 Å². The van der Waals surface area contributed by atoms with E-state index in [-0.39, 0.29) is 0 Å². The molecule has 5 nitrogen and oxygen atoms in total. The maximum Gasteiger partial charge on any atom is 0.361 e. The van der Waals surface area contributed by atoms with E-state index in [2.05, 4.69) is 12.1 Å².